The van der Waals surface area contributed by atoms with E-state index < -0.39 is 0 Å². The fourth-order valence-corrected chi connectivity index (χ4v) is 3.65. The molecule has 1 aromatic carbocycles. The van der Waals surface area contributed by atoms with Crippen LogP contribution in [0, 0.1) is 5.92 Å². The van der Waals surface area contributed by atoms with Gasteiger partial charge in [0.15, 0.2) is 0 Å². The molecule has 0 radical (unpaired) electrons. The number of hydrogen-bond acceptors (Lipinski definition) is 3. The highest BCUT2D eigenvalue weighted by molar-refractivity contribution is 5.28. The van der Waals surface area contributed by atoms with Crippen molar-refractivity contribution in [3.05, 3.63) is 53.8 Å². The van der Waals surface area contributed by atoms with Crippen molar-refractivity contribution in [2.45, 2.75) is 38.5 Å². The van der Waals surface area contributed by atoms with Crippen LogP contribution in [0.4, 0.5) is 0 Å². The van der Waals surface area contributed by atoms with E-state index in [0.717, 1.165) is 49.8 Å². The average Bonchev–Trinajstić information content (AvgIpc) is 2.68. The zero-order valence-electron chi connectivity index (χ0n) is 15.5. The van der Waals surface area contributed by atoms with Gasteiger partial charge in [0.25, 0.3) is 0 Å². The summed E-state index contributed by atoms with van der Waals surface area (Å²) in [6, 6.07) is 8.44. The normalized spacial score (nSPS) is 18.8. The van der Waals surface area contributed by atoms with Crippen molar-refractivity contribution in [1.82, 2.24) is 4.90 Å². The van der Waals surface area contributed by atoms with E-state index in [1.54, 1.807) is 7.11 Å². The third-order valence-corrected chi connectivity index (χ3v) is 5.31. The Hall–Kier alpha value is -1.74. The topological polar surface area (TPSA) is 21.7 Å². The van der Waals surface area contributed by atoms with Crippen LogP contribution < -0.4 is 4.74 Å². The van der Waals surface area contributed by atoms with E-state index in [0.29, 0.717) is 0 Å². The number of piperidine rings is 1. The van der Waals surface area contributed by atoms with E-state index in [1.807, 2.05) is 6.07 Å². The summed E-state index contributed by atoms with van der Waals surface area (Å²) in [5.74, 6) is 2.85. The maximum Gasteiger partial charge on any atom is 0.119 e. The molecule has 0 N–H and O–H groups in total. The van der Waals surface area contributed by atoms with Crippen LogP contribution in [0.3, 0.4) is 0 Å². The third kappa shape index (κ3) is 5.93. The van der Waals surface area contributed by atoms with Crippen molar-refractivity contribution in [1.29, 1.82) is 0 Å². The summed E-state index contributed by atoms with van der Waals surface area (Å²) in [5.41, 5.74) is 1.36. The van der Waals surface area contributed by atoms with Gasteiger partial charge in [-0.3, -0.25) is 0 Å². The Labute approximate surface area is 152 Å². The van der Waals surface area contributed by atoms with E-state index in [2.05, 4.69) is 41.3 Å². The smallest absolute Gasteiger partial charge is 0.119 e. The van der Waals surface area contributed by atoms with Gasteiger partial charge in [-0.15, -0.1) is 0 Å². The lowest BCUT2D eigenvalue weighted by Crippen LogP contribution is -2.35. The van der Waals surface area contributed by atoms with Crippen molar-refractivity contribution in [3.8, 4) is 5.75 Å². The Morgan fingerprint density at radius 2 is 2.04 bits per heavy atom. The minimum Gasteiger partial charge on any atom is -0.497 e. The van der Waals surface area contributed by atoms with Crippen LogP contribution in [0.5, 0.6) is 5.75 Å². The molecular formula is C22H31NO2. The Morgan fingerprint density at radius 3 is 2.80 bits per heavy atom. The molecule has 0 bridgehead atoms. The molecule has 1 aliphatic carbocycles. The van der Waals surface area contributed by atoms with Gasteiger partial charge >= 0.3 is 0 Å². The van der Waals surface area contributed by atoms with Crippen LogP contribution in [-0.4, -0.2) is 38.3 Å². The molecule has 0 aromatic heterocycles. The number of ether oxygens (including phenoxy) is 2. The average molecular weight is 341 g/mol. The minimum absolute atomic E-state index is 0.821. The van der Waals surface area contributed by atoms with Crippen LogP contribution in [0.25, 0.3) is 0 Å². The maximum absolute atomic E-state index is 5.89. The van der Waals surface area contributed by atoms with Gasteiger partial charge in [-0.1, -0.05) is 18.2 Å². The standard InChI is InChI=1S/C22H31NO2/c1-24-22-9-5-6-20(18-22)12-16-23-14-10-19(11-15-23)13-17-25-21-7-3-2-4-8-21/h3,5-9,18-19H,2,4,10-17H2,1H3. The van der Waals surface area contributed by atoms with E-state index in [4.69, 9.17) is 9.47 Å². The van der Waals surface area contributed by atoms with Gasteiger partial charge in [0, 0.05) is 6.54 Å². The van der Waals surface area contributed by atoms with Gasteiger partial charge in [0.05, 0.1) is 13.7 Å². The molecule has 2 aliphatic rings. The van der Waals surface area contributed by atoms with Gasteiger partial charge in [-0.05, 0) is 87.4 Å². The summed E-state index contributed by atoms with van der Waals surface area (Å²) in [5, 5.41) is 0. The van der Waals surface area contributed by atoms with Crippen molar-refractivity contribution in [2.24, 2.45) is 5.92 Å². The lowest BCUT2D eigenvalue weighted by atomic mass is 9.93. The third-order valence-electron chi connectivity index (χ3n) is 5.31. The zero-order valence-corrected chi connectivity index (χ0v) is 15.5. The summed E-state index contributed by atoms with van der Waals surface area (Å²) in [6.07, 6.45) is 13.7. The van der Waals surface area contributed by atoms with Crippen molar-refractivity contribution in [3.63, 3.8) is 0 Å². The maximum atomic E-state index is 5.89. The number of allylic oxidation sites excluding steroid dienone is 3. The Bertz CT molecular complexity index is 585. The first kappa shape index (κ1) is 18.1. The highest BCUT2D eigenvalue weighted by atomic mass is 16.5. The molecule has 3 nitrogen and oxygen atoms in total. The van der Waals surface area contributed by atoms with Crippen molar-refractivity contribution in [2.75, 3.05) is 33.4 Å². The summed E-state index contributed by atoms with van der Waals surface area (Å²) in [6.45, 7) is 4.45. The van der Waals surface area contributed by atoms with Crippen LogP contribution in [-0.2, 0) is 11.2 Å². The Kier molecular flexibility index (Phi) is 6.99. The second-order valence-electron chi connectivity index (χ2n) is 7.11. The fraction of sp³-hybridized carbons (Fsp3) is 0.545. The van der Waals surface area contributed by atoms with Crippen LogP contribution in [0.1, 0.15) is 37.7 Å². The number of methoxy groups -OCH3 is 1. The molecule has 0 amide bonds. The number of rotatable bonds is 8. The van der Waals surface area contributed by atoms with E-state index >= 15 is 0 Å². The molecule has 3 heteroatoms. The first-order valence-electron chi connectivity index (χ1n) is 9.68. The summed E-state index contributed by atoms with van der Waals surface area (Å²) >= 11 is 0. The van der Waals surface area contributed by atoms with Gasteiger partial charge in [0.2, 0.25) is 0 Å². The predicted molar refractivity (Wildman–Crippen MR) is 103 cm³/mol. The first-order chi connectivity index (χ1) is 12.3. The second-order valence-corrected chi connectivity index (χ2v) is 7.11. The van der Waals surface area contributed by atoms with Gasteiger partial charge in [-0.25, -0.2) is 0 Å². The summed E-state index contributed by atoms with van der Waals surface area (Å²) in [7, 11) is 1.73. The first-order valence-corrected chi connectivity index (χ1v) is 9.68. The molecule has 25 heavy (non-hydrogen) atoms. The lowest BCUT2D eigenvalue weighted by Gasteiger charge is -2.32. The molecule has 1 aromatic rings. The van der Waals surface area contributed by atoms with E-state index in [9.17, 15) is 0 Å². The molecule has 136 valence electrons. The van der Waals surface area contributed by atoms with Crippen molar-refractivity contribution >= 4 is 0 Å². The predicted octanol–water partition coefficient (Wildman–Crippen LogP) is 4.59. The Balaban J connectivity index is 1.31. The SMILES string of the molecule is COc1cccc(CCN2CCC(CCOC3=CCCC=C3)CC2)c1. The van der Waals surface area contributed by atoms with E-state index in [1.165, 1.54) is 37.9 Å². The molecule has 1 saturated heterocycles. The number of likely N-dealkylation sites (tertiary alicyclic amines) is 1. The summed E-state index contributed by atoms with van der Waals surface area (Å²) < 4.78 is 11.2. The fourth-order valence-electron chi connectivity index (χ4n) is 3.65. The highest BCUT2D eigenvalue weighted by Gasteiger charge is 2.19. The molecule has 0 unspecified atom stereocenters. The quantitative estimate of drug-likeness (QED) is 0.690. The second kappa shape index (κ2) is 9.67. The van der Waals surface area contributed by atoms with Gasteiger partial charge in [0.1, 0.15) is 11.5 Å². The minimum atomic E-state index is 0.821. The molecular weight excluding hydrogens is 310 g/mol. The monoisotopic (exact) mass is 341 g/mol. The molecule has 1 aliphatic heterocycles. The summed E-state index contributed by atoms with van der Waals surface area (Å²) in [4.78, 5) is 2.60. The zero-order chi connectivity index (χ0) is 17.3. The van der Waals surface area contributed by atoms with Crippen LogP contribution >= 0.6 is 0 Å². The molecule has 0 spiro atoms. The number of hydrogen-bond donors (Lipinski definition) is 0. The molecule has 1 heterocycles. The lowest BCUT2D eigenvalue weighted by molar-refractivity contribution is 0.145. The van der Waals surface area contributed by atoms with Gasteiger partial charge < -0.3 is 14.4 Å². The van der Waals surface area contributed by atoms with Crippen molar-refractivity contribution < 1.29 is 9.47 Å². The highest BCUT2D eigenvalue weighted by Crippen LogP contribution is 2.22. The van der Waals surface area contributed by atoms with Gasteiger partial charge in [-0.2, -0.15) is 0 Å². The number of nitrogens with zero attached hydrogens (tertiary/aromatic N) is 1. The molecule has 0 saturated carbocycles. The van der Waals surface area contributed by atoms with E-state index in [-0.39, 0.29) is 0 Å². The molecule has 1 fully saturated rings. The van der Waals surface area contributed by atoms with Crippen LogP contribution in [0.15, 0.2) is 48.3 Å². The largest absolute Gasteiger partial charge is 0.497 e. The molecule has 3 rings (SSSR count). The Morgan fingerprint density at radius 1 is 1.16 bits per heavy atom. The molecule has 0 atom stereocenters. The number of benzene rings is 1. The van der Waals surface area contributed by atoms with Crippen LogP contribution in [0.2, 0.25) is 0 Å².